The second kappa shape index (κ2) is 8.00. The standard InChI is InChI=1S/C14H18N4O2S2/c1-9(2)13-17-18-14(22-13)16-11(19)6-3-7-15-12(20)10-5-4-8-21-10/h4-5,8-9H,3,6-7H2,1-2H3,(H,15,20)(H,16,18,19). The van der Waals surface area contributed by atoms with E-state index in [2.05, 4.69) is 20.8 Å². The van der Waals surface area contributed by atoms with Crippen molar-refractivity contribution in [3.8, 4) is 0 Å². The highest BCUT2D eigenvalue weighted by Crippen LogP contribution is 2.22. The summed E-state index contributed by atoms with van der Waals surface area (Å²) in [7, 11) is 0. The van der Waals surface area contributed by atoms with Crippen LogP contribution in [0.25, 0.3) is 0 Å². The highest BCUT2D eigenvalue weighted by Gasteiger charge is 2.10. The molecule has 0 atom stereocenters. The average Bonchev–Trinajstić information content (AvgIpc) is 3.14. The Morgan fingerprint density at radius 2 is 2.14 bits per heavy atom. The minimum atomic E-state index is -0.114. The molecule has 2 amide bonds. The average molecular weight is 338 g/mol. The number of aromatic nitrogens is 2. The summed E-state index contributed by atoms with van der Waals surface area (Å²) in [5, 5.41) is 16.8. The van der Waals surface area contributed by atoms with Gasteiger partial charge in [0.2, 0.25) is 11.0 Å². The first-order chi connectivity index (χ1) is 10.6. The van der Waals surface area contributed by atoms with Crippen molar-refractivity contribution in [2.24, 2.45) is 0 Å². The SMILES string of the molecule is CC(C)c1nnc(NC(=O)CCCNC(=O)c2cccs2)s1. The number of hydrogen-bond donors (Lipinski definition) is 2. The van der Waals surface area contributed by atoms with Crippen molar-refractivity contribution in [1.29, 1.82) is 0 Å². The molecule has 8 heteroatoms. The van der Waals surface area contributed by atoms with Gasteiger partial charge in [-0.2, -0.15) is 0 Å². The molecule has 0 spiro atoms. The van der Waals surface area contributed by atoms with Crippen LogP contribution in [0, 0.1) is 0 Å². The van der Waals surface area contributed by atoms with E-state index >= 15 is 0 Å². The Morgan fingerprint density at radius 3 is 2.77 bits per heavy atom. The van der Waals surface area contributed by atoms with E-state index < -0.39 is 0 Å². The molecule has 0 fully saturated rings. The minimum Gasteiger partial charge on any atom is -0.351 e. The number of thiophene rings is 1. The van der Waals surface area contributed by atoms with E-state index in [4.69, 9.17) is 0 Å². The number of hydrogen-bond acceptors (Lipinski definition) is 6. The predicted molar refractivity (Wildman–Crippen MR) is 88.5 cm³/mol. The fourth-order valence-electron chi connectivity index (χ4n) is 1.65. The van der Waals surface area contributed by atoms with Gasteiger partial charge in [-0.1, -0.05) is 31.3 Å². The smallest absolute Gasteiger partial charge is 0.261 e. The summed E-state index contributed by atoms with van der Waals surface area (Å²) in [5.74, 6) is 0.0913. The van der Waals surface area contributed by atoms with Gasteiger partial charge in [-0.05, 0) is 17.9 Å². The maximum Gasteiger partial charge on any atom is 0.261 e. The Morgan fingerprint density at radius 1 is 1.32 bits per heavy atom. The molecule has 0 aliphatic carbocycles. The number of carbonyl (C=O) groups excluding carboxylic acids is 2. The largest absolute Gasteiger partial charge is 0.351 e. The first-order valence-electron chi connectivity index (χ1n) is 7.01. The highest BCUT2D eigenvalue weighted by atomic mass is 32.1. The van der Waals surface area contributed by atoms with Crippen LogP contribution >= 0.6 is 22.7 Å². The molecule has 0 saturated carbocycles. The molecule has 0 saturated heterocycles. The number of carbonyl (C=O) groups is 2. The van der Waals surface area contributed by atoms with E-state index in [-0.39, 0.29) is 11.8 Å². The zero-order valence-electron chi connectivity index (χ0n) is 12.5. The molecule has 0 unspecified atom stereocenters. The second-order valence-electron chi connectivity index (χ2n) is 4.99. The van der Waals surface area contributed by atoms with Crippen molar-refractivity contribution >= 4 is 39.6 Å². The van der Waals surface area contributed by atoms with Crippen LogP contribution in [-0.4, -0.2) is 28.6 Å². The number of nitrogens with one attached hydrogen (secondary N) is 2. The first-order valence-corrected chi connectivity index (χ1v) is 8.71. The van der Waals surface area contributed by atoms with E-state index in [1.807, 2.05) is 25.3 Å². The van der Waals surface area contributed by atoms with E-state index in [0.717, 1.165) is 5.01 Å². The van der Waals surface area contributed by atoms with Gasteiger partial charge in [-0.15, -0.1) is 21.5 Å². The molecule has 118 valence electrons. The monoisotopic (exact) mass is 338 g/mol. The summed E-state index contributed by atoms with van der Waals surface area (Å²) in [6, 6.07) is 3.61. The van der Waals surface area contributed by atoms with Crippen LogP contribution in [0.3, 0.4) is 0 Å². The Kier molecular flexibility index (Phi) is 6.02. The van der Waals surface area contributed by atoms with E-state index in [1.54, 1.807) is 6.07 Å². The van der Waals surface area contributed by atoms with Crippen molar-refractivity contribution in [2.75, 3.05) is 11.9 Å². The van der Waals surface area contributed by atoms with Crippen LogP contribution in [-0.2, 0) is 4.79 Å². The molecular weight excluding hydrogens is 320 g/mol. The van der Waals surface area contributed by atoms with Gasteiger partial charge in [-0.25, -0.2) is 0 Å². The third-order valence-corrected chi connectivity index (χ3v) is 4.80. The third-order valence-electron chi connectivity index (χ3n) is 2.79. The van der Waals surface area contributed by atoms with Crippen LogP contribution in [0.15, 0.2) is 17.5 Å². The fraction of sp³-hybridized carbons (Fsp3) is 0.429. The van der Waals surface area contributed by atoms with Crippen LogP contribution in [0.1, 0.15) is 47.3 Å². The molecule has 0 aliphatic rings. The van der Waals surface area contributed by atoms with Gasteiger partial charge in [0.05, 0.1) is 4.88 Å². The van der Waals surface area contributed by atoms with Gasteiger partial charge in [0.15, 0.2) is 0 Å². The summed E-state index contributed by atoms with van der Waals surface area (Å²) in [6.45, 7) is 4.53. The van der Waals surface area contributed by atoms with Crippen molar-refractivity contribution in [1.82, 2.24) is 15.5 Å². The summed E-state index contributed by atoms with van der Waals surface area (Å²) in [5.41, 5.74) is 0. The van der Waals surface area contributed by atoms with Gasteiger partial charge >= 0.3 is 0 Å². The second-order valence-corrected chi connectivity index (χ2v) is 6.94. The molecule has 0 aromatic carbocycles. The summed E-state index contributed by atoms with van der Waals surface area (Å²) in [4.78, 5) is 24.2. The first kappa shape index (κ1) is 16.6. The lowest BCUT2D eigenvalue weighted by atomic mass is 10.2. The van der Waals surface area contributed by atoms with Crippen molar-refractivity contribution in [2.45, 2.75) is 32.6 Å². The molecule has 2 heterocycles. The van der Waals surface area contributed by atoms with E-state index in [0.29, 0.717) is 35.3 Å². The Balaban J connectivity index is 1.66. The number of rotatable bonds is 7. The Labute approximate surface area is 137 Å². The molecule has 2 N–H and O–H groups in total. The summed E-state index contributed by atoms with van der Waals surface area (Å²) in [6.07, 6.45) is 0.917. The van der Waals surface area contributed by atoms with Crippen LogP contribution < -0.4 is 10.6 Å². The van der Waals surface area contributed by atoms with Gasteiger partial charge in [-0.3, -0.25) is 9.59 Å². The normalized spacial score (nSPS) is 10.7. The molecule has 2 aromatic heterocycles. The van der Waals surface area contributed by atoms with Crippen LogP contribution in [0.5, 0.6) is 0 Å². The number of amides is 2. The van der Waals surface area contributed by atoms with Gasteiger partial charge in [0.25, 0.3) is 5.91 Å². The van der Waals surface area contributed by atoms with Gasteiger partial charge in [0.1, 0.15) is 5.01 Å². The van der Waals surface area contributed by atoms with Gasteiger partial charge < -0.3 is 10.6 Å². The molecule has 2 aromatic rings. The predicted octanol–water partition coefficient (Wildman–Crippen LogP) is 2.87. The Bertz CT molecular complexity index is 623. The summed E-state index contributed by atoms with van der Waals surface area (Å²) >= 11 is 2.79. The highest BCUT2D eigenvalue weighted by molar-refractivity contribution is 7.15. The van der Waals surface area contributed by atoms with Crippen LogP contribution in [0.4, 0.5) is 5.13 Å². The number of nitrogens with zero attached hydrogens (tertiary/aromatic N) is 2. The lowest BCUT2D eigenvalue weighted by Gasteiger charge is -2.03. The van der Waals surface area contributed by atoms with Crippen molar-refractivity contribution < 1.29 is 9.59 Å². The number of anilines is 1. The lowest BCUT2D eigenvalue weighted by Crippen LogP contribution is -2.24. The molecule has 0 bridgehead atoms. The summed E-state index contributed by atoms with van der Waals surface area (Å²) < 4.78 is 0. The maximum atomic E-state index is 11.8. The lowest BCUT2D eigenvalue weighted by molar-refractivity contribution is -0.116. The molecule has 22 heavy (non-hydrogen) atoms. The van der Waals surface area contributed by atoms with Gasteiger partial charge in [0, 0.05) is 18.9 Å². The molecule has 0 aliphatic heterocycles. The maximum absolute atomic E-state index is 11.8. The Hall–Kier alpha value is -1.80. The quantitative estimate of drug-likeness (QED) is 0.760. The fourth-order valence-corrected chi connectivity index (χ4v) is 3.05. The molecule has 0 radical (unpaired) electrons. The molecular formula is C14H18N4O2S2. The van der Waals surface area contributed by atoms with E-state index in [9.17, 15) is 9.59 Å². The zero-order chi connectivity index (χ0) is 15.9. The molecule has 2 rings (SSSR count). The van der Waals surface area contributed by atoms with Crippen molar-refractivity contribution in [3.63, 3.8) is 0 Å². The minimum absolute atomic E-state index is 0.0962. The zero-order valence-corrected chi connectivity index (χ0v) is 14.1. The molecule has 6 nitrogen and oxygen atoms in total. The van der Waals surface area contributed by atoms with E-state index in [1.165, 1.54) is 22.7 Å². The topological polar surface area (TPSA) is 84.0 Å². The van der Waals surface area contributed by atoms with Crippen molar-refractivity contribution in [3.05, 3.63) is 27.4 Å². The third kappa shape index (κ3) is 4.88. The van der Waals surface area contributed by atoms with Crippen LogP contribution in [0.2, 0.25) is 0 Å².